The normalized spacial score (nSPS) is 12.8. The van der Waals surface area contributed by atoms with Crippen LogP contribution in [0.2, 0.25) is 5.02 Å². The highest BCUT2D eigenvalue weighted by atomic mass is 35.5. The first kappa shape index (κ1) is 14.0. The molecule has 0 aromatic heterocycles. The van der Waals surface area contributed by atoms with Gasteiger partial charge >= 0.3 is 6.03 Å². The molecule has 0 spiro atoms. The van der Waals surface area contributed by atoms with Gasteiger partial charge in [-0.25, -0.2) is 4.79 Å². The number of carbonyl (C=O) groups is 1. The third-order valence-electron chi connectivity index (χ3n) is 3.75. The molecule has 2 aromatic carbocycles. The summed E-state index contributed by atoms with van der Waals surface area (Å²) in [5.41, 5.74) is 4.49. The van der Waals surface area contributed by atoms with Gasteiger partial charge in [-0.1, -0.05) is 35.9 Å². The van der Waals surface area contributed by atoms with E-state index in [4.69, 9.17) is 11.6 Å². The number of benzene rings is 2. The minimum atomic E-state index is -0.215. The van der Waals surface area contributed by atoms with Gasteiger partial charge in [0.15, 0.2) is 0 Å². The fourth-order valence-electron chi connectivity index (χ4n) is 2.64. The van der Waals surface area contributed by atoms with E-state index in [0.29, 0.717) is 11.6 Å². The van der Waals surface area contributed by atoms with E-state index in [0.717, 1.165) is 24.1 Å². The fraction of sp³-hybridized carbons (Fsp3) is 0.235. The van der Waals surface area contributed by atoms with Crippen molar-refractivity contribution in [2.45, 2.75) is 25.8 Å². The van der Waals surface area contributed by atoms with Gasteiger partial charge in [-0.3, -0.25) is 0 Å². The number of hydrogen-bond donors (Lipinski definition) is 2. The van der Waals surface area contributed by atoms with Crippen molar-refractivity contribution in [2.75, 3.05) is 5.32 Å². The summed E-state index contributed by atoms with van der Waals surface area (Å²) in [6.45, 7) is 0.413. The zero-order valence-electron chi connectivity index (χ0n) is 11.7. The monoisotopic (exact) mass is 300 g/mol. The zero-order chi connectivity index (χ0) is 14.7. The van der Waals surface area contributed by atoms with E-state index >= 15 is 0 Å². The standard InChI is InChI=1S/C17H17ClN2O/c18-16-7-2-1-4-14(16)11-19-17(21)20-15-9-8-12-5-3-6-13(12)10-15/h1-2,4,7-10H,3,5-6,11H2,(H2,19,20,21). The predicted octanol–water partition coefficient (Wildman–Crippen LogP) is 4.15. The molecule has 2 amide bonds. The molecule has 3 rings (SSSR count). The van der Waals surface area contributed by atoms with Crippen molar-refractivity contribution in [3.8, 4) is 0 Å². The average molecular weight is 301 g/mol. The van der Waals surface area contributed by atoms with Crippen molar-refractivity contribution >= 4 is 23.3 Å². The lowest BCUT2D eigenvalue weighted by Crippen LogP contribution is -2.28. The first-order valence-electron chi connectivity index (χ1n) is 7.12. The fourth-order valence-corrected chi connectivity index (χ4v) is 2.84. The van der Waals surface area contributed by atoms with E-state index in [1.165, 1.54) is 17.5 Å². The maximum absolute atomic E-state index is 11.9. The van der Waals surface area contributed by atoms with Crippen LogP contribution < -0.4 is 10.6 Å². The van der Waals surface area contributed by atoms with Gasteiger partial charge in [0.25, 0.3) is 0 Å². The lowest BCUT2D eigenvalue weighted by atomic mass is 10.1. The Hall–Kier alpha value is -2.00. The molecule has 1 aliphatic carbocycles. The van der Waals surface area contributed by atoms with Gasteiger partial charge in [0.2, 0.25) is 0 Å². The van der Waals surface area contributed by atoms with E-state index < -0.39 is 0 Å². The zero-order valence-corrected chi connectivity index (χ0v) is 12.4. The molecule has 108 valence electrons. The van der Waals surface area contributed by atoms with E-state index in [-0.39, 0.29) is 6.03 Å². The third kappa shape index (κ3) is 3.37. The van der Waals surface area contributed by atoms with Crippen LogP contribution in [-0.4, -0.2) is 6.03 Å². The first-order valence-corrected chi connectivity index (χ1v) is 7.50. The molecule has 2 aromatic rings. The molecule has 0 saturated carbocycles. The van der Waals surface area contributed by atoms with Crippen LogP contribution in [0.25, 0.3) is 0 Å². The molecule has 0 aliphatic heterocycles. The van der Waals surface area contributed by atoms with Gasteiger partial charge in [-0.05, 0) is 54.2 Å². The summed E-state index contributed by atoms with van der Waals surface area (Å²) >= 11 is 6.06. The highest BCUT2D eigenvalue weighted by molar-refractivity contribution is 6.31. The van der Waals surface area contributed by atoms with Crippen LogP contribution in [0, 0.1) is 0 Å². The van der Waals surface area contributed by atoms with E-state index in [2.05, 4.69) is 22.8 Å². The Morgan fingerprint density at radius 2 is 1.90 bits per heavy atom. The summed E-state index contributed by atoms with van der Waals surface area (Å²) in [7, 11) is 0. The second-order valence-corrected chi connectivity index (χ2v) is 5.64. The summed E-state index contributed by atoms with van der Waals surface area (Å²) in [6.07, 6.45) is 3.46. The molecule has 0 bridgehead atoms. The molecule has 4 heteroatoms. The van der Waals surface area contributed by atoms with Gasteiger partial charge in [0.1, 0.15) is 0 Å². The van der Waals surface area contributed by atoms with Crippen molar-refractivity contribution < 1.29 is 4.79 Å². The quantitative estimate of drug-likeness (QED) is 0.878. The minimum absolute atomic E-state index is 0.215. The number of rotatable bonds is 3. The number of fused-ring (bicyclic) bond motifs is 1. The molecule has 2 N–H and O–H groups in total. The second-order valence-electron chi connectivity index (χ2n) is 5.24. The number of nitrogens with one attached hydrogen (secondary N) is 2. The SMILES string of the molecule is O=C(NCc1ccccc1Cl)Nc1ccc2c(c1)CCC2. The summed E-state index contributed by atoms with van der Waals surface area (Å²) in [5.74, 6) is 0. The molecule has 0 saturated heterocycles. The Morgan fingerprint density at radius 1 is 1.10 bits per heavy atom. The van der Waals surface area contributed by atoms with Gasteiger partial charge in [-0.2, -0.15) is 0 Å². The van der Waals surface area contributed by atoms with E-state index in [1.807, 2.05) is 30.3 Å². The predicted molar refractivity (Wildman–Crippen MR) is 85.8 cm³/mol. The molecule has 3 nitrogen and oxygen atoms in total. The van der Waals surface area contributed by atoms with Crippen molar-refractivity contribution in [3.63, 3.8) is 0 Å². The Bertz CT molecular complexity index is 670. The third-order valence-corrected chi connectivity index (χ3v) is 4.12. The lowest BCUT2D eigenvalue weighted by Gasteiger charge is -2.10. The minimum Gasteiger partial charge on any atom is -0.334 e. The summed E-state index contributed by atoms with van der Waals surface area (Å²) in [5, 5.41) is 6.35. The summed E-state index contributed by atoms with van der Waals surface area (Å²) in [4.78, 5) is 11.9. The van der Waals surface area contributed by atoms with Crippen LogP contribution in [0.3, 0.4) is 0 Å². The maximum Gasteiger partial charge on any atom is 0.319 e. The number of hydrogen-bond acceptors (Lipinski definition) is 1. The molecule has 0 fully saturated rings. The van der Waals surface area contributed by atoms with Crippen molar-refractivity contribution in [1.29, 1.82) is 0 Å². The summed E-state index contributed by atoms with van der Waals surface area (Å²) in [6, 6.07) is 13.4. The molecule has 0 heterocycles. The topological polar surface area (TPSA) is 41.1 Å². The highest BCUT2D eigenvalue weighted by Crippen LogP contribution is 2.24. The van der Waals surface area contributed by atoms with Crippen molar-refractivity contribution in [2.24, 2.45) is 0 Å². The number of carbonyl (C=O) groups excluding carboxylic acids is 1. The van der Waals surface area contributed by atoms with Gasteiger partial charge < -0.3 is 10.6 Å². The van der Waals surface area contributed by atoms with Crippen LogP contribution in [0.4, 0.5) is 10.5 Å². The first-order chi connectivity index (χ1) is 10.2. The molecule has 21 heavy (non-hydrogen) atoms. The van der Waals surface area contributed by atoms with Crippen LogP contribution in [0.1, 0.15) is 23.1 Å². The van der Waals surface area contributed by atoms with E-state index in [1.54, 1.807) is 0 Å². The Balaban J connectivity index is 1.58. The van der Waals surface area contributed by atoms with E-state index in [9.17, 15) is 4.79 Å². The lowest BCUT2D eigenvalue weighted by molar-refractivity contribution is 0.251. The molecular weight excluding hydrogens is 284 g/mol. The molecular formula is C17H17ClN2O. The number of aryl methyl sites for hydroxylation is 2. The van der Waals surface area contributed by atoms with Crippen molar-refractivity contribution in [1.82, 2.24) is 5.32 Å². The van der Waals surface area contributed by atoms with Crippen LogP contribution in [0.5, 0.6) is 0 Å². The Kier molecular flexibility index (Phi) is 4.11. The molecule has 0 atom stereocenters. The Morgan fingerprint density at radius 3 is 2.76 bits per heavy atom. The van der Waals surface area contributed by atoms with Gasteiger partial charge in [-0.15, -0.1) is 0 Å². The maximum atomic E-state index is 11.9. The molecule has 1 aliphatic rings. The smallest absolute Gasteiger partial charge is 0.319 e. The number of anilines is 1. The number of amides is 2. The largest absolute Gasteiger partial charge is 0.334 e. The average Bonchev–Trinajstić information content (AvgIpc) is 2.94. The van der Waals surface area contributed by atoms with Gasteiger partial charge in [0.05, 0.1) is 0 Å². The van der Waals surface area contributed by atoms with Crippen LogP contribution >= 0.6 is 11.6 Å². The second kappa shape index (κ2) is 6.19. The van der Waals surface area contributed by atoms with Crippen molar-refractivity contribution in [3.05, 3.63) is 64.2 Å². The highest BCUT2D eigenvalue weighted by Gasteiger charge is 2.11. The van der Waals surface area contributed by atoms with Crippen LogP contribution in [0.15, 0.2) is 42.5 Å². The number of urea groups is 1. The number of halogens is 1. The Labute approximate surface area is 129 Å². The summed E-state index contributed by atoms with van der Waals surface area (Å²) < 4.78 is 0. The van der Waals surface area contributed by atoms with Gasteiger partial charge in [0, 0.05) is 17.3 Å². The molecule has 0 unspecified atom stereocenters. The molecule has 0 radical (unpaired) electrons. The van der Waals surface area contributed by atoms with Crippen LogP contribution in [-0.2, 0) is 19.4 Å².